The van der Waals surface area contributed by atoms with E-state index in [0.29, 0.717) is 19.6 Å². The van der Waals surface area contributed by atoms with E-state index in [4.69, 9.17) is 14.2 Å². The SMILES string of the molecule is COc1ccc2c(c1)OC(C)(C)[C@H](c1ccccc1)[C@H]2c1ccc(OCCCCC(=O)NCc2ccccn2)cc1. The van der Waals surface area contributed by atoms with Crippen molar-refractivity contribution in [1.29, 1.82) is 0 Å². The van der Waals surface area contributed by atoms with Crippen molar-refractivity contribution in [1.82, 2.24) is 10.3 Å². The van der Waals surface area contributed by atoms with E-state index in [1.54, 1.807) is 13.3 Å². The zero-order valence-electron chi connectivity index (χ0n) is 24.0. The first-order chi connectivity index (χ1) is 19.9. The molecule has 1 amide bonds. The van der Waals surface area contributed by atoms with Gasteiger partial charge in [-0.15, -0.1) is 0 Å². The minimum absolute atomic E-state index is 0.0327. The fourth-order valence-electron chi connectivity index (χ4n) is 5.67. The van der Waals surface area contributed by atoms with Gasteiger partial charge in [0.05, 0.1) is 26.0 Å². The fraction of sp³-hybridized carbons (Fsp3) is 0.314. The Morgan fingerprint density at radius 1 is 0.902 bits per heavy atom. The monoisotopic (exact) mass is 550 g/mol. The van der Waals surface area contributed by atoms with Crippen LogP contribution in [0, 0.1) is 0 Å². The topological polar surface area (TPSA) is 69.7 Å². The van der Waals surface area contributed by atoms with Crippen molar-refractivity contribution < 1.29 is 19.0 Å². The molecule has 0 radical (unpaired) electrons. The van der Waals surface area contributed by atoms with Gasteiger partial charge in [0, 0.05) is 36.1 Å². The number of pyridine rings is 1. The number of carbonyl (C=O) groups is 1. The highest BCUT2D eigenvalue weighted by molar-refractivity contribution is 5.75. The summed E-state index contributed by atoms with van der Waals surface area (Å²) in [5.74, 6) is 2.71. The summed E-state index contributed by atoms with van der Waals surface area (Å²) in [7, 11) is 1.68. The molecule has 6 nitrogen and oxygen atoms in total. The average Bonchev–Trinajstić information content (AvgIpc) is 2.99. The molecule has 0 unspecified atom stereocenters. The summed E-state index contributed by atoms with van der Waals surface area (Å²) in [6.45, 7) is 5.34. The second kappa shape index (κ2) is 12.9. The van der Waals surface area contributed by atoms with Crippen molar-refractivity contribution in [2.45, 2.75) is 57.1 Å². The van der Waals surface area contributed by atoms with Crippen LogP contribution in [-0.2, 0) is 11.3 Å². The standard InChI is InChI=1S/C35H38N2O4/c1-35(2)34(26-11-5-4-6-12-26)33(30-20-19-29(39-3)23-31(30)41-35)25-15-17-28(18-16-25)40-22-10-8-14-32(38)37-24-27-13-7-9-21-36-27/h4-7,9,11-13,15-21,23,33-34H,8,10,14,22,24H2,1-3H3,(H,37,38)/t33-,34+/m0/s1. The first-order valence-corrected chi connectivity index (χ1v) is 14.3. The smallest absolute Gasteiger partial charge is 0.220 e. The molecule has 6 heteroatoms. The van der Waals surface area contributed by atoms with Gasteiger partial charge in [-0.2, -0.15) is 0 Å². The maximum absolute atomic E-state index is 12.1. The number of hydrogen-bond donors (Lipinski definition) is 1. The van der Waals surface area contributed by atoms with Crippen molar-refractivity contribution in [3.8, 4) is 17.2 Å². The van der Waals surface area contributed by atoms with Crippen LogP contribution in [0.5, 0.6) is 17.2 Å². The highest BCUT2D eigenvalue weighted by Crippen LogP contribution is 2.53. The predicted octanol–water partition coefficient (Wildman–Crippen LogP) is 7.04. The van der Waals surface area contributed by atoms with Crippen LogP contribution >= 0.6 is 0 Å². The first kappa shape index (κ1) is 28.2. The summed E-state index contributed by atoms with van der Waals surface area (Å²) >= 11 is 0. The Kier molecular flexibility index (Phi) is 8.88. The molecule has 1 aliphatic rings. The molecule has 1 N–H and O–H groups in total. The number of hydrogen-bond acceptors (Lipinski definition) is 5. The number of carbonyl (C=O) groups excluding carboxylic acids is 1. The van der Waals surface area contributed by atoms with Gasteiger partial charge < -0.3 is 19.5 Å². The zero-order valence-corrected chi connectivity index (χ0v) is 24.0. The molecule has 5 rings (SSSR count). The maximum atomic E-state index is 12.1. The average molecular weight is 551 g/mol. The van der Waals surface area contributed by atoms with Gasteiger partial charge >= 0.3 is 0 Å². The van der Waals surface area contributed by atoms with Gasteiger partial charge in [-0.25, -0.2) is 0 Å². The molecule has 0 bridgehead atoms. The second-order valence-corrected chi connectivity index (χ2v) is 10.9. The third-order valence-electron chi connectivity index (χ3n) is 7.67. The third kappa shape index (κ3) is 6.88. The number of amides is 1. The molecule has 0 spiro atoms. The highest BCUT2D eigenvalue weighted by atomic mass is 16.5. The van der Waals surface area contributed by atoms with E-state index in [9.17, 15) is 4.79 Å². The predicted molar refractivity (Wildman–Crippen MR) is 161 cm³/mol. The van der Waals surface area contributed by atoms with E-state index in [1.165, 1.54) is 11.1 Å². The summed E-state index contributed by atoms with van der Waals surface area (Å²) < 4.78 is 18.1. The van der Waals surface area contributed by atoms with Crippen LogP contribution < -0.4 is 19.5 Å². The van der Waals surface area contributed by atoms with Gasteiger partial charge in [0.1, 0.15) is 22.8 Å². The molecule has 1 aromatic heterocycles. The number of aromatic nitrogens is 1. The lowest BCUT2D eigenvalue weighted by atomic mass is 9.68. The Morgan fingerprint density at radius 2 is 1.66 bits per heavy atom. The molecule has 0 saturated carbocycles. The number of rotatable bonds is 11. The van der Waals surface area contributed by atoms with Crippen molar-refractivity contribution in [3.63, 3.8) is 0 Å². The summed E-state index contributed by atoms with van der Waals surface area (Å²) in [5.41, 5.74) is 4.01. The fourth-order valence-corrected chi connectivity index (χ4v) is 5.67. The summed E-state index contributed by atoms with van der Waals surface area (Å²) in [4.78, 5) is 16.4. The summed E-state index contributed by atoms with van der Waals surface area (Å²) in [6, 6.07) is 30.8. The lowest BCUT2D eigenvalue weighted by Crippen LogP contribution is -2.43. The van der Waals surface area contributed by atoms with E-state index >= 15 is 0 Å². The Balaban J connectivity index is 1.23. The molecule has 0 saturated heterocycles. The van der Waals surface area contributed by atoms with Gasteiger partial charge in [0.25, 0.3) is 0 Å². The number of fused-ring (bicyclic) bond motifs is 1. The molecule has 3 aromatic carbocycles. The van der Waals surface area contributed by atoms with Crippen LogP contribution in [0.3, 0.4) is 0 Å². The zero-order chi connectivity index (χ0) is 28.7. The van der Waals surface area contributed by atoms with Gasteiger partial charge in [0.2, 0.25) is 5.91 Å². The molecule has 2 heterocycles. The van der Waals surface area contributed by atoms with Gasteiger partial charge in [-0.05, 0) is 68.1 Å². The Labute approximate surface area is 242 Å². The van der Waals surface area contributed by atoms with Crippen LogP contribution in [0.15, 0.2) is 97.2 Å². The molecule has 41 heavy (non-hydrogen) atoms. The molecule has 2 atom stereocenters. The Bertz CT molecular complexity index is 1420. The van der Waals surface area contributed by atoms with E-state index in [2.05, 4.69) is 72.7 Å². The van der Waals surface area contributed by atoms with Crippen LogP contribution in [0.4, 0.5) is 0 Å². The third-order valence-corrected chi connectivity index (χ3v) is 7.67. The minimum atomic E-state index is -0.440. The van der Waals surface area contributed by atoms with E-state index < -0.39 is 5.60 Å². The van der Waals surface area contributed by atoms with E-state index in [0.717, 1.165) is 41.3 Å². The summed E-state index contributed by atoms with van der Waals surface area (Å²) in [5, 5.41) is 2.92. The number of nitrogens with zero attached hydrogens (tertiary/aromatic N) is 1. The largest absolute Gasteiger partial charge is 0.497 e. The minimum Gasteiger partial charge on any atom is -0.497 e. The maximum Gasteiger partial charge on any atom is 0.220 e. The van der Waals surface area contributed by atoms with Crippen molar-refractivity contribution in [2.24, 2.45) is 0 Å². The molecule has 4 aromatic rings. The van der Waals surface area contributed by atoms with Gasteiger partial charge in [0.15, 0.2) is 0 Å². The van der Waals surface area contributed by atoms with E-state index in [1.807, 2.05) is 42.5 Å². The molecule has 0 fully saturated rings. The quantitative estimate of drug-likeness (QED) is 0.203. The molecule has 0 aliphatic carbocycles. The number of unbranched alkanes of at least 4 members (excludes halogenated alkanes) is 1. The Morgan fingerprint density at radius 3 is 2.39 bits per heavy atom. The summed E-state index contributed by atoms with van der Waals surface area (Å²) in [6.07, 6.45) is 3.77. The second-order valence-electron chi connectivity index (χ2n) is 10.9. The lowest BCUT2D eigenvalue weighted by Gasteiger charge is -2.45. The van der Waals surface area contributed by atoms with E-state index in [-0.39, 0.29) is 17.7 Å². The van der Waals surface area contributed by atoms with Crippen molar-refractivity contribution in [3.05, 3.63) is 120 Å². The van der Waals surface area contributed by atoms with Crippen LogP contribution in [0.25, 0.3) is 0 Å². The van der Waals surface area contributed by atoms with Gasteiger partial charge in [-0.3, -0.25) is 9.78 Å². The first-order valence-electron chi connectivity index (χ1n) is 14.3. The molecular weight excluding hydrogens is 512 g/mol. The van der Waals surface area contributed by atoms with Crippen molar-refractivity contribution in [2.75, 3.05) is 13.7 Å². The van der Waals surface area contributed by atoms with Crippen molar-refractivity contribution >= 4 is 5.91 Å². The number of methoxy groups -OCH3 is 1. The van der Waals surface area contributed by atoms with Gasteiger partial charge in [-0.1, -0.05) is 54.6 Å². The molecular formula is C35H38N2O4. The number of nitrogens with one attached hydrogen (secondary N) is 1. The molecule has 1 aliphatic heterocycles. The normalized spacial score (nSPS) is 17.1. The highest BCUT2D eigenvalue weighted by Gasteiger charge is 2.45. The number of ether oxygens (including phenoxy) is 3. The van der Waals surface area contributed by atoms with Crippen LogP contribution in [0.2, 0.25) is 0 Å². The lowest BCUT2D eigenvalue weighted by molar-refractivity contribution is -0.121. The van der Waals surface area contributed by atoms with Crippen LogP contribution in [-0.4, -0.2) is 30.2 Å². The Hall–Kier alpha value is -4.32. The van der Waals surface area contributed by atoms with Crippen LogP contribution in [0.1, 0.15) is 67.3 Å². The number of benzene rings is 3. The molecule has 212 valence electrons.